The Morgan fingerprint density at radius 3 is 2.63 bits per heavy atom. The van der Waals surface area contributed by atoms with Gasteiger partial charge in [0.1, 0.15) is 0 Å². The minimum Gasteiger partial charge on any atom is -0.350 e. The molecule has 2 heterocycles. The molecule has 0 atom stereocenters. The topological polar surface area (TPSA) is 76.0 Å². The van der Waals surface area contributed by atoms with Crippen LogP contribution in [0.5, 0.6) is 0 Å². The molecule has 2 aromatic rings. The molecule has 27 heavy (non-hydrogen) atoms. The third kappa shape index (κ3) is 4.67. The number of hydrogen-bond acceptors (Lipinski definition) is 4. The summed E-state index contributed by atoms with van der Waals surface area (Å²) in [6.45, 7) is 3.52. The molecule has 1 fully saturated rings. The van der Waals surface area contributed by atoms with E-state index in [-0.39, 0.29) is 23.8 Å². The molecule has 3 rings (SSSR count). The van der Waals surface area contributed by atoms with E-state index >= 15 is 0 Å². The molecule has 1 aliphatic heterocycles. The van der Waals surface area contributed by atoms with Crippen molar-refractivity contribution in [3.63, 3.8) is 0 Å². The highest BCUT2D eigenvalue weighted by atomic mass is 35.5. The second-order valence-corrected chi connectivity index (χ2v) is 6.19. The van der Waals surface area contributed by atoms with E-state index in [0.29, 0.717) is 18.2 Å². The number of benzene rings is 1. The van der Waals surface area contributed by atoms with Gasteiger partial charge in [0.25, 0.3) is 5.91 Å². The van der Waals surface area contributed by atoms with Crippen LogP contribution in [0.15, 0.2) is 35.1 Å². The van der Waals surface area contributed by atoms with Gasteiger partial charge in [0.05, 0.1) is 11.3 Å². The van der Waals surface area contributed by atoms with E-state index in [4.69, 9.17) is 0 Å². The van der Waals surface area contributed by atoms with E-state index in [1.807, 2.05) is 0 Å². The summed E-state index contributed by atoms with van der Waals surface area (Å²) >= 11 is 0. The molecule has 1 aromatic carbocycles. The summed E-state index contributed by atoms with van der Waals surface area (Å²) in [5.74, 6) is -0.335. The first-order valence-corrected chi connectivity index (χ1v) is 8.03. The molecule has 0 saturated carbocycles. The Bertz CT molecular complexity index is 894. The van der Waals surface area contributed by atoms with Crippen LogP contribution >= 0.6 is 12.4 Å². The molecule has 0 aliphatic carbocycles. The second-order valence-electron chi connectivity index (χ2n) is 6.19. The van der Waals surface area contributed by atoms with E-state index in [9.17, 15) is 22.8 Å². The van der Waals surface area contributed by atoms with Crippen molar-refractivity contribution in [2.24, 2.45) is 5.92 Å². The van der Waals surface area contributed by atoms with Crippen molar-refractivity contribution < 1.29 is 18.0 Å². The summed E-state index contributed by atoms with van der Waals surface area (Å²) in [4.78, 5) is 24.3. The number of rotatable bonds is 4. The van der Waals surface area contributed by atoms with Gasteiger partial charge in [0.2, 0.25) is 5.43 Å². The van der Waals surface area contributed by atoms with Crippen LogP contribution in [0, 0.1) is 12.8 Å². The Balaban J connectivity index is 0.00000261. The first-order chi connectivity index (χ1) is 12.3. The Labute approximate surface area is 159 Å². The van der Waals surface area contributed by atoms with Gasteiger partial charge < -0.3 is 10.6 Å². The maximum atomic E-state index is 12.9. The van der Waals surface area contributed by atoms with Gasteiger partial charge in [-0.1, -0.05) is 6.07 Å². The van der Waals surface area contributed by atoms with Crippen molar-refractivity contribution >= 4 is 18.3 Å². The number of hydrogen-bond donors (Lipinski definition) is 2. The zero-order chi connectivity index (χ0) is 18.9. The molecule has 1 aromatic heterocycles. The molecule has 6 nitrogen and oxygen atoms in total. The zero-order valence-corrected chi connectivity index (χ0v) is 15.2. The monoisotopic (exact) mass is 402 g/mol. The van der Waals surface area contributed by atoms with Crippen molar-refractivity contribution in [2.45, 2.75) is 13.1 Å². The maximum Gasteiger partial charge on any atom is 0.416 e. The number of aryl methyl sites for hydroxylation is 1. The van der Waals surface area contributed by atoms with Crippen molar-refractivity contribution in [3.8, 4) is 5.69 Å². The van der Waals surface area contributed by atoms with Crippen LogP contribution < -0.4 is 16.1 Å². The van der Waals surface area contributed by atoms with E-state index in [1.165, 1.54) is 25.1 Å². The minimum absolute atomic E-state index is 0. The van der Waals surface area contributed by atoms with Crippen molar-refractivity contribution in [2.75, 3.05) is 19.6 Å². The summed E-state index contributed by atoms with van der Waals surface area (Å²) in [7, 11) is 0. The lowest BCUT2D eigenvalue weighted by molar-refractivity contribution is -0.137. The molecule has 146 valence electrons. The fraction of sp³-hybridized carbons (Fsp3) is 0.353. The number of carbonyl (C=O) groups excluding carboxylic acids is 1. The van der Waals surface area contributed by atoms with Gasteiger partial charge in [-0.3, -0.25) is 9.59 Å². The predicted octanol–water partition coefficient (Wildman–Crippen LogP) is 1.93. The highest BCUT2D eigenvalue weighted by Gasteiger charge is 2.30. The summed E-state index contributed by atoms with van der Waals surface area (Å²) in [5.41, 5.74) is -1.31. The van der Waals surface area contributed by atoms with Crippen molar-refractivity contribution in [3.05, 3.63) is 57.5 Å². The molecule has 0 spiro atoms. The Kier molecular flexibility index (Phi) is 6.27. The molecule has 2 N–H and O–H groups in total. The second kappa shape index (κ2) is 8.10. The predicted molar refractivity (Wildman–Crippen MR) is 95.5 cm³/mol. The zero-order valence-electron chi connectivity index (χ0n) is 14.3. The van der Waals surface area contributed by atoms with Gasteiger partial charge in [0.15, 0.2) is 5.69 Å². The lowest BCUT2D eigenvalue weighted by Crippen LogP contribution is -2.48. The van der Waals surface area contributed by atoms with Gasteiger partial charge in [-0.2, -0.15) is 18.3 Å². The smallest absolute Gasteiger partial charge is 0.350 e. The summed E-state index contributed by atoms with van der Waals surface area (Å²) < 4.78 is 39.9. The number of alkyl halides is 3. The number of nitrogens with one attached hydrogen (secondary N) is 2. The van der Waals surface area contributed by atoms with Gasteiger partial charge in [-0.05, 0) is 25.1 Å². The third-order valence-corrected chi connectivity index (χ3v) is 4.16. The molecule has 10 heteroatoms. The van der Waals surface area contributed by atoms with Gasteiger partial charge in [-0.25, -0.2) is 4.68 Å². The fourth-order valence-corrected chi connectivity index (χ4v) is 2.59. The normalized spacial score (nSPS) is 14.2. The van der Waals surface area contributed by atoms with Gasteiger partial charge >= 0.3 is 6.18 Å². The first kappa shape index (κ1) is 20.9. The number of aromatic nitrogens is 2. The van der Waals surface area contributed by atoms with Gasteiger partial charge in [-0.15, -0.1) is 12.4 Å². The first-order valence-electron chi connectivity index (χ1n) is 8.03. The van der Waals surface area contributed by atoms with E-state index in [0.717, 1.165) is 29.9 Å². The van der Waals surface area contributed by atoms with Crippen LogP contribution in [0.1, 0.15) is 21.7 Å². The quantitative estimate of drug-likeness (QED) is 0.819. The SMILES string of the molecule is Cc1cc(=O)c(C(=O)NCC2CNC2)nn1-c1cccc(C(F)(F)F)c1.Cl. The van der Waals surface area contributed by atoms with Crippen molar-refractivity contribution in [1.29, 1.82) is 0 Å². The number of amides is 1. The van der Waals surface area contributed by atoms with Crippen LogP contribution in [0.4, 0.5) is 13.2 Å². The molecular weight excluding hydrogens is 385 g/mol. The largest absolute Gasteiger partial charge is 0.416 e. The van der Waals surface area contributed by atoms with Gasteiger partial charge in [0, 0.05) is 37.3 Å². The van der Waals surface area contributed by atoms with E-state index < -0.39 is 23.1 Å². The molecular formula is C17H18ClF3N4O2. The molecule has 1 saturated heterocycles. The summed E-state index contributed by atoms with van der Waals surface area (Å²) in [6, 6.07) is 5.74. The number of halogens is 4. The van der Waals surface area contributed by atoms with Crippen LogP contribution in [0.2, 0.25) is 0 Å². The highest BCUT2D eigenvalue weighted by Crippen LogP contribution is 2.30. The Morgan fingerprint density at radius 1 is 1.33 bits per heavy atom. The Hall–Kier alpha value is -2.39. The Morgan fingerprint density at radius 2 is 2.04 bits per heavy atom. The maximum absolute atomic E-state index is 12.9. The molecule has 0 bridgehead atoms. The van der Waals surface area contributed by atoms with Crippen LogP contribution in [0.3, 0.4) is 0 Å². The lowest BCUT2D eigenvalue weighted by atomic mass is 10.0. The van der Waals surface area contributed by atoms with Crippen LogP contribution in [-0.4, -0.2) is 35.3 Å². The fourth-order valence-electron chi connectivity index (χ4n) is 2.59. The molecule has 0 unspecified atom stereocenters. The molecule has 0 radical (unpaired) electrons. The highest BCUT2D eigenvalue weighted by molar-refractivity contribution is 5.92. The lowest BCUT2D eigenvalue weighted by Gasteiger charge is -2.26. The average Bonchev–Trinajstić information content (AvgIpc) is 2.52. The van der Waals surface area contributed by atoms with Crippen LogP contribution in [-0.2, 0) is 6.18 Å². The molecule has 1 aliphatic rings. The average molecular weight is 403 g/mol. The summed E-state index contributed by atoms with van der Waals surface area (Å²) in [5, 5.41) is 9.70. The number of carbonyl (C=O) groups is 1. The summed E-state index contributed by atoms with van der Waals surface area (Å²) in [6.07, 6.45) is -4.50. The van der Waals surface area contributed by atoms with E-state index in [1.54, 1.807) is 0 Å². The minimum atomic E-state index is -4.50. The standard InChI is InChI=1S/C17H17F3N4O2.ClH/c1-10-5-14(25)15(16(26)22-9-11-7-21-8-11)23-24(10)13-4-2-3-12(6-13)17(18,19)20;/h2-6,11,21H,7-9H2,1H3,(H,22,26);1H. The van der Waals surface area contributed by atoms with Crippen LogP contribution in [0.25, 0.3) is 5.69 Å². The van der Waals surface area contributed by atoms with Crippen molar-refractivity contribution in [1.82, 2.24) is 20.4 Å². The molecule has 1 amide bonds. The van der Waals surface area contributed by atoms with E-state index in [2.05, 4.69) is 15.7 Å². The number of nitrogens with zero attached hydrogens (tertiary/aromatic N) is 2. The third-order valence-electron chi connectivity index (χ3n) is 4.16.